The lowest BCUT2D eigenvalue weighted by Crippen LogP contribution is -2.31. The smallest absolute Gasteiger partial charge is 0.306 e. The molecule has 1 aliphatic carbocycles. The first kappa shape index (κ1) is 14.4. The van der Waals surface area contributed by atoms with Crippen molar-refractivity contribution in [2.45, 2.75) is 31.6 Å². The number of hydrogen-bond acceptors (Lipinski definition) is 3. The second kappa shape index (κ2) is 6.48. The highest BCUT2D eigenvalue weighted by Gasteiger charge is 2.27. The molecular weight excluding hydrogens is 266 g/mol. The van der Waals surface area contributed by atoms with Crippen LogP contribution in [0.5, 0.6) is 5.75 Å². The molecule has 0 radical (unpaired) electrons. The second-order valence-electron chi connectivity index (χ2n) is 6.26. The zero-order valence-electron chi connectivity index (χ0n) is 12.3. The molecule has 1 atom stereocenters. The monoisotopic (exact) mass is 289 g/mol. The van der Waals surface area contributed by atoms with Gasteiger partial charge in [0, 0.05) is 18.0 Å². The van der Waals surface area contributed by atoms with E-state index in [1.807, 2.05) is 12.1 Å². The molecule has 0 spiro atoms. The summed E-state index contributed by atoms with van der Waals surface area (Å²) in [5.41, 5.74) is 1.31. The van der Waals surface area contributed by atoms with Crippen LogP contribution in [0, 0.1) is 11.8 Å². The number of para-hydroxylation sites is 1. The first-order valence-electron chi connectivity index (χ1n) is 7.89. The molecular formula is C17H23NO3. The second-order valence-corrected chi connectivity index (χ2v) is 6.26. The lowest BCUT2D eigenvalue weighted by molar-refractivity contribution is -0.143. The number of aliphatic carboxylic acids is 1. The first-order valence-corrected chi connectivity index (χ1v) is 7.89. The fourth-order valence-corrected chi connectivity index (χ4v) is 3.47. The number of ether oxygens (including phenoxy) is 1. The molecule has 1 unspecified atom stereocenters. The van der Waals surface area contributed by atoms with Crippen LogP contribution in [0.3, 0.4) is 0 Å². The molecule has 0 saturated heterocycles. The highest BCUT2D eigenvalue weighted by Crippen LogP contribution is 2.33. The highest BCUT2D eigenvalue weighted by molar-refractivity contribution is 5.69. The molecule has 1 fully saturated rings. The molecule has 0 aromatic heterocycles. The molecule has 2 N–H and O–H groups in total. The summed E-state index contributed by atoms with van der Waals surface area (Å²) in [6.07, 6.45) is 3.72. The van der Waals surface area contributed by atoms with E-state index < -0.39 is 5.97 Å². The quantitative estimate of drug-likeness (QED) is 0.875. The molecule has 0 amide bonds. The van der Waals surface area contributed by atoms with E-state index in [-0.39, 0.29) is 5.92 Å². The van der Waals surface area contributed by atoms with E-state index >= 15 is 0 Å². The van der Waals surface area contributed by atoms with Gasteiger partial charge in [-0.3, -0.25) is 4.79 Å². The Labute approximate surface area is 125 Å². The predicted octanol–water partition coefficient (Wildman–Crippen LogP) is 2.64. The average Bonchev–Trinajstić information content (AvgIpc) is 2.91. The number of hydrogen-bond donors (Lipinski definition) is 2. The first-order chi connectivity index (χ1) is 10.2. The maximum absolute atomic E-state index is 10.9. The third kappa shape index (κ3) is 3.38. The highest BCUT2D eigenvalue weighted by atomic mass is 16.5. The van der Waals surface area contributed by atoms with Crippen molar-refractivity contribution in [3.05, 3.63) is 29.8 Å². The summed E-state index contributed by atoms with van der Waals surface area (Å²) in [6.45, 7) is 2.69. The van der Waals surface area contributed by atoms with Crippen molar-refractivity contribution in [2.75, 3.05) is 19.7 Å². The molecule has 1 aliphatic heterocycles. The average molecular weight is 289 g/mol. The number of carbonyl (C=O) groups is 1. The molecule has 1 aromatic rings. The standard InChI is InChI=1S/C17H23NO3/c19-17(20)13-7-5-12(6-8-13)9-18-10-14-11-21-16-4-2-1-3-15(14)16/h1-4,12-14,18H,5-11H2,(H,19,20). The summed E-state index contributed by atoms with van der Waals surface area (Å²) in [4.78, 5) is 10.9. The Morgan fingerprint density at radius 3 is 2.71 bits per heavy atom. The summed E-state index contributed by atoms with van der Waals surface area (Å²) >= 11 is 0. The van der Waals surface area contributed by atoms with E-state index in [1.54, 1.807) is 0 Å². The van der Waals surface area contributed by atoms with Crippen LogP contribution >= 0.6 is 0 Å². The minimum Gasteiger partial charge on any atom is -0.493 e. The van der Waals surface area contributed by atoms with Crippen LogP contribution in [0.1, 0.15) is 37.2 Å². The third-order valence-corrected chi connectivity index (χ3v) is 4.82. The van der Waals surface area contributed by atoms with Crippen molar-refractivity contribution in [2.24, 2.45) is 11.8 Å². The summed E-state index contributed by atoms with van der Waals surface area (Å²) in [5.74, 6) is 1.35. The number of rotatable bonds is 5. The molecule has 1 saturated carbocycles. The minimum absolute atomic E-state index is 0.114. The molecule has 1 heterocycles. The molecule has 2 aliphatic rings. The Bertz CT molecular complexity index is 495. The van der Waals surface area contributed by atoms with Gasteiger partial charge in [-0.1, -0.05) is 18.2 Å². The van der Waals surface area contributed by atoms with Gasteiger partial charge in [-0.05, 0) is 44.2 Å². The van der Waals surface area contributed by atoms with Crippen molar-refractivity contribution < 1.29 is 14.6 Å². The van der Waals surface area contributed by atoms with Gasteiger partial charge in [0.2, 0.25) is 0 Å². The van der Waals surface area contributed by atoms with Crippen LogP contribution < -0.4 is 10.1 Å². The molecule has 4 heteroatoms. The largest absolute Gasteiger partial charge is 0.493 e. The van der Waals surface area contributed by atoms with Gasteiger partial charge in [0.15, 0.2) is 0 Å². The Hall–Kier alpha value is -1.55. The van der Waals surface area contributed by atoms with Gasteiger partial charge in [0.05, 0.1) is 12.5 Å². The number of benzene rings is 1. The maximum atomic E-state index is 10.9. The Morgan fingerprint density at radius 1 is 1.19 bits per heavy atom. The minimum atomic E-state index is -0.624. The Morgan fingerprint density at radius 2 is 1.95 bits per heavy atom. The van der Waals surface area contributed by atoms with Gasteiger partial charge in [0.1, 0.15) is 5.75 Å². The van der Waals surface area contributed by atoms with Gasteiger partial charge >= 0.3 is 5.97 Å². The van der Waals surface area contributed by atoms with E-state index in [0.717, 1.165) is 51.1 Å². The number of nitrogens with one attached hydrogen (secondary N) is 1. The SMILES string of the molecule is O=C(O)C1CCC(CNCC2COc3ccccc32)CC1. The number of fused-ring (bicyclic) bond motifs is 1. The van der Waals surface area contributed by atoms with Crippen LogP contribution in [0.15, 0.2) is 24.3 Å². The topological polar surface area (TPSA) is 58.6 Å². The lowest BCUT2D eigenvalue weighted by Gasteiger charge is -2.26. The number of carboxylic acid groups (broad SMARTS) is 1. The maximum Gasteiger partial charge on any atom is 0.306 e. The van der Waals surface area contributed by atoms with Crippen LogP contribution in [-0.4, -0.2) is 30.8 Å². The van der Waals surface area contributed by atoms with Crippen LogP contribution in [0.4, 0.5) is 0 Å². The van der Waals surface area contributed by atoms with Gasteiger partial charge in [-0.15, -0.1) is 0 Å². The van der Waals surface area contributed by atoms with Crippen molar-refractivity contribution in [3.63, 3.8) is 0 Å². The molecule has 114 valence electrons. The molecule has 1 aromatic carbocycles. The normalized spacial score (nSPS) is 27.9. The number of carboxylic acids is 1. The fourth-order valence-electron chi connectivity index (χ4n) is 3.47. The zero-order valence-corrected chi connectivity index (χ0v) is 12.3. The molecule has 21 heavy (non-hydrogen) atoms. The van der Waals surface area contributed by atoms with Gasteiger partial charge < -0.3 is 15.2 Å². The summed E-state index contributed by atoms with van der Waals surface area (Å²) in [6, 6.07) is 8.25. The molecule has 4 nitrogen and oxygen atoms in total. The van der Waals surface area contributed by atoms with Gasteiger partial charge in [0.25, 0.3) is 0 Å². The molecule has 3 rings (SSSR count). The van der Waals surface area contributed by atoms with E-state index in [0.29, 0.717) is 11.8 Å². The van der Waals surface area contributed by atoms with Crippen LogP contribution in [0.25, 0.3) is 0 Å². The van der Waals surface area contributed by atoms with Crippen molar-refractivity contribution in [3.8, 4) is 5.75 Å². The third-order valence-electron chi connectivity index (χ3n) is 4.82. The fraction of sp³-hybridized carbons (Fsp3) is 0.588. The van der Waals surface area contributed by atoms with E-state index in [1.165, 1.54) is 5.56 Å². The molecule has 0 bridgehead atoms. The Kier molecular flexibility index (Phi) is 4.44. The van der Waals surface area contributed by atoms with E-state index in [9.17, 15) is 4.79 Å². The van der Waals surface area contributed by atoms with E-state index in [2.05, 4.69) is 17.4 Å². The summed E-state index contributed by atoms with van der Waals surface area (Å²) in [5, 5.41) is 12.6. The van der Waals surface area contributed by atoms with Crippen molar-refractivity contribution >= 4 is 5.97 Å². The van der Waals surface area contributed by atoms with Crippen molar-refractivity contribution in [1.29, 1.82) is 0 Å². The van der Waals surface area contributed by atoms with Crippen molar-refractivity contribution in [1.82, 2.24) is 5.32 Å². The zero-order chi connectivity index (χ0) is 14.7. The lowest BCUT2D eigenvalue weighted by atomic mass is 9.82. The summed E-state index contributed by atoms with van der Waals surface area (Å²) < 4.78 is 5.69. The van der Waals surface area contributed by atoms with Gasteiger partial charge in [-0.25, -0.2) is 0 Å². The van der Waals surface area contributed by atoms with Gasteiger partial charge in [-0.2, -0.15) is 0 Å². The van der Waals surface area contributed by atoms with Crippen LogP contribution in [0.2, 0.25) is 0 Å². The predicted molar refractivity (Wildman–Crippen MR) is 80.6 cm³/mol. The Balaban J connectivity index is 1.41. The summed E-state index contributed by atoms with van der Waals surface area (Å²) in [7, 11) is 0. The van der Waals surface area contributed by atoms with E-state index in [4.69, 9.17) is 9.84 Å². The van der Waals surface area contributed by atoms with Crippen LogP contribution in [-0.2, 0) is 4.79 Å².